The van der Waals surface area contributed by atoms with Crippen LogP contribution in [0.25, 0.3) is 11.1 Å². The average molecular weight is 607 g/mol. The first-order valence-corrected chi connectivity index (χ1v) is 15.4. The van der Waals surface area contributed by atoms with E-state index < -0.39 is 5.97 Å². The highest BCUT2D eigenvalue weighted by atomic mass is 16.5. The van der Waals surface area contributed by atoms with Crippen molar-refractivity contribution in [3.8, 4) is 16.9 Å². The molecule has 4 aromatic carbocycles. The molecule has 4 aromatic rings. The van der Waals surface area contributed by atoms with Gasteiger partial charge in [-0.05, 0) is 70.8 Å². The van der Waals surface area contributed by atoms with Crippen LogP contribution < -0.4 is 10.1 Å². The Labute approximate surface area is 265 Å². The maximum absolute atomic E-state index is 14.0. The summed E-state index contributed by atoms with van der Waals surface area (Å²) in [6, 6.07) is 30.3. The van der Waals surface area contributed by atoms with Gasteiger partial charge in [0.25, 0.3) is 11.8 Å². The third kappa shape index (κ3) is 9.05. The summed E-state index contributed by atoms with van der Waals surface area (Å²) in [5, 5.41) is 12.4. The van der Waals surface area contributed by atoms with Crippen molar-refractivity contribution in [2.75, 3.05) is 19.7 Å². The zero-order valence-corrected chi connectivity index (χ0v) is 26.5. The van der Waals surface area contributed by atoms with E-state index in [-0.39, 0.29) is 30.2 Å². The van der Waals surface area contributed by atoms with Gasteiger partial charge >= 0.3 is 5.97 Å². The van der Waals surface area contributed by atoms with E-state index in [1.807, 2.05) is 67.6 Å². The van der Waals surface area contributed by atoms with Crippen LogP contribution in [-0.2, 0) is 23.2 Å². The van der Waals surface area contributed by atoms with E-state index >= 15 is 0 Å². The fourth-order valence-corrected chi connectivity index (χ4v) is 5.12. The van der Waals surface area contributed by atoms with Gasteiger partial charge in [-0.3, -0.25) is 14.4 Å². The molecule has 0 saturated carbocycles. The Morgan fingerprint density at radius 1 is 0.756 bits per heavy atom. The van der Waals surface area contributed by atoms with Gasteiger partial charge in [-0.1, -0.05) is 93.6 Å². The van der Waals surface area contributed by atoms with Crippen molar-refractivity contribution >= 4 is 17.8 Å². The summed E-state index contributed by atoms with van der Waals surface area (Å²) in [6.45, 7) is 9.76. The molecule has 234 valence electrons. The zero-order chi connectivity index (χ0) is 32.4. The van der Waals surface area contributed by atoms with Crippen molar-refractivity contribution in [2.24, 2.45) is 0 Å². The van der Waals surface area contributed by atoms with E-state index in [2.05, 4.69) is 38.2 Å². The predicted octanol–water partition coefficient (Wildman–Crippen LogP) is 7.14. The maximum atomic E-state index is 14.0. The van der Waals surface area contributed by atoms with Gasteiger partial charge in [0.15, 0.2) is 0 Å². The quantitative estimate of drug-likeness (QED) is 0.169. The number of benzene rings is 4. The van der Waals surface area contributed by atoms with Crippen molar-refractivity contribution in [1.82, 2.24) is 10.2 Å². The molecule has 0 radical (unpaired) electrons. The summed E-state index contributed by atoms with van der Waals surface area (Å²) in [4.78, 5) is 40.5. The van der Waals surface area contributed by atoms with Crippen LogP contribution in [0.5, 0.6) is 5.75 Å². The Hall–Kier alpha value is -4.91. The molecule has 7 nitrogen and oxygen atoms in total. The van der Waals surface area contributed by atoms with Crippen molar-refractivity contribution in [3.05, 3.63) is 125 Å². The standard InChI is InChI=1S/C38H42N2O5/c1-5-45-30-20-16-27(17-21-30)22-24-40(25-23-35(41)42)37(44)34-13-9-7-11-32(34)31-10-6-8-12-33(31)36(43)39-26-28-14-18-29(19-15-28)38(2,3)4/h6-21H,5,22-26H2,1-4H3,(H,39,43)(H,41,42). The number of hydrogen-bond donors (Lipinski definition) is 2. The van der Waals surface area contributed by atoms with Gasteiger partial charge in [-0.2, -0.15) is 0 Å². The van der Waals surface area contributed by atoms with Crippen LogP contribution in [0.2, 0.25) is 0 Å². The highest BCUT2D eigenvalue weighted by Crippen LogP contribution is 2.29. The Bertz CT molecular complexity index is 1600. The third-order valence-corrected chi connectivity index (χ3v) is 7.68. The molecule has 0 bridgehead atoms. The predicted molar refractivity (Wildman–Crippen MR) is 178 cm³/mol. The van der Waals surface area contributed by atoms with Gasteiger partial charge < -0.3 is 20.1 Å². The van der Waals surface area contributed by atoms with Gasteiger partial charge in [-0.25, -0.2) is 0 Å². The SMILES string of the molecule is CCOc1ccc(CCN(CCC(=O)O)C(=O)c2ccccc2-c2ccccc2C(=O)NCc2ccc(C(C)(C)C)cc2)cc1. The van der Waals surface area contributed by atoms with Crippen LogP contribution in [0, 0.1) is 0 Å². The summed E-state index contributed by atoms with van der Waals surface area (Å²) in [5.41, 5.74) is 5.38. The number of ether oxygens (including phenoxy) is 1. The number of rotatable bonds is 13. The lowest BCUT2D eigenvalue weighted by Crippen LogP contribution is -2.35. The third-order valence-electron chi connectivity index (χ3n) is 7.68. The Morgan fingerprint density at radius 3 is 1.93 bits per heavy atom. The molecule has 4 rings (SSSR count). The Kier molecular flexibility index (Phi) is 11.1. The largest absolute Gasteiger partial charge is 0.494 e. The minimum atomic E-state index is -0.975. The number of carboxylic acid groups (broad SMARTS) is 1. The van der Waals surface area contributed by atoms with Gasteiger partial charge in [0, 0.05) is 30.8 Å². The normalized spacial score (nSPS) is 11.1. The molecule has 0 spiro atoms. The first kappa shape index (κ1) is 33.0. The molecule has 2 N–H and O–H groups in total. The summed E-state index contributed by atoms with van der Waals surface area (Å²) in [7, 11) is 0. The molecule has 45 heavy (non-hydrogen) atoms. The first-order valence-electron chi connectivity index (χ1n) is 15.4. The molecule has 0 aliphatic carbocycles. The Balaban J connectivity index is 1.55. The maximum Gasteiger partial charge on any atom is 0.305 e. The second-order valence-corrected chi connectivity index (χ2v) is 12.0. The van der Waals surface area contributed by atoms with E-state index in [1.54, 1.807) is 29.2 Å². The lowest BCUT2D eigenvalue weighted by molar-refractivity contribution is -0.137. The van der Waals surface area contributed by atoms with E-state index in [0.717, 1.165) is 16.9 Å². The minimum Gasteiger partial charge on any atom is -0.494 e. The van der Waals surface area contributed by atoms with E-state index in [0.29, 0.717) is 48.4 Å². The van der Waals surface area contributed by atoms with Crippen molar-refractivity contribution in [2.45, 2.75) is 52.5 Å². The fourth-order valence-electron chi connectivity index (χ4n) is 5.12. The van der Waals surface area contributed by atoms with Crippen molar-refractivity contribution < 1.29 is 24.2 Å². The van der Waals surface area contributed by atoms with Gasteiger partial charge in [-0.15, -0.1) is 0 Å². The van der Waals surface area contributed by atoms with E-state index in [9.17, 15) is 19.5 Å². The van der Waals surface area contributed by atoms with Crippen LogP contribution in [-0.4, -0.2) is 47.5 Å². The number of aliphatic carboxylic acids is 1. The second kappa shape index (κ2) is 15.2. The highest BCUT2D eigenvalue weighted by molar-refractivity contribution is 6.06. The van der Waals surface area contributed by atoms with Crippen LogP contribution in [0.15, 0.2) is 97.1 Å². The summed E-state index contributed by atoms with van der Waals surface area (Å²) < 4.78 is 5.52. The van der Waals surface area contributed by atoms with Crippen LogP contribution in [0.3, 0.4) is 0 Å². The number of carbonyl (C=O) groups is 3. The molecule has 7 heteroatoms. The second-order valence-electron chi connectivity index (χ2n) is 12.0. The van der Waals surface area contributed by atoms with Crippen LogP contribution in [0.1, 0.15) is 71.5 Å². The number of carboxylic acids is 1. The molecule has 0 saturated heterocycles. The molecule has 0 heterocycles. The van der Waals surface area contributed by atoms with Crippen molar-refractivity contribution in [1.29, 1.82) is 0 Å². The smallest absolute Gasteiger partial charge is 0.305 e. The van der Waals surface area contributed by atoms with Gasteiger partial charge in [0.2, 0.25) is 0 Å². The minimum absolute atomic E-state index is 0.0457. The Morgan fingerprint density at radius 2 is 1.33 bits per heavy atom. The molecular formula is C38H42N2O5. The molecular weight excluding hydrogens is 564 g/mol. The van der Waals surface area contributed by atoms with Crippen LogP contribution in [0.4, 0.5) is 0 Å². The molecule has 0 aliphatic heterocycles. The molecule has 2 amide bonds. The molecule has 0 aliphatic rings. The number of nitrogens with one attached hydrogen (secondary N) is 1. The summed E-state index contributed by atoms with van der Waals surface area (Å²) >= 11 is 0. The van der Waals surface area contributed by atoms with Crippen LogP contribution >= 0.6 is 0 Å². The highest BCUT2D eigenvalue weighted by Gasteiger charge is 2.23. The fraction of sp³-hybridized carbons (Fsp3) is 0.289. The first-order chi connectivity index (χ1) is 21.6. The van der Waals surface area contributed by atoms with Gasteiger partial charge in [0.05, 0.1) is 13.0 Å². The number of carbonyl (C=O) groups excluding carboxylic acids is 2. The van der Waals surface area contributed by atoms with Gasteiger partial charge in [0.1, 0.15) is 5.75 Å². The zero-order valence-electron chi connectivity index (χ0n) is 26.5. The molecule has 0 unspecified atom stereocenters. The monoisotopic (exact) mass is 606 g/mol. The van der Waals surface area contributed by atoms with E-state index in [4.69, 9.17) is 4.74 Å². The summed E-state index contributed by atoms with van der Waals surface area (Å²) in [6.07, 6.45) is 0.378. The van der Waals surface area contributed by atoms with E-state index in [1.165, 1.54) is 5.56 Å². The number of nitrogens with zero attached hydrogens (tertiary/aromatic N) is 1. The number of amides is 2. The molecule has 0 fully saturated rings. The lowest BCUT2D eigenvalue weighted by Gasteiger charge is -2.24. The summed E-state index contributed by atoms with van der Waals surface area (Å²) in [5.74, 6) is -0.731. The average Bonchev–Trinajstić information content (AvgIpc) is 3.04. The van der Waals surface area contributed by atoms with Crippen molar-refractivity contribution in [3.63, 3.8) is 0 Å². The topological polar surface area (TPSA) is 95.9 Å². The molecule has 0 aromatic heterocycles. The number of hydrogen-bond acceptors (Lipinski definition) is 4. The lowest BCUT2D eigenvalue weighted by atomic mass is 9.87. The molecule has 0 atom stereocenters.